The Balaban J connectivity index is 1.56. The van der Waals surface area contributed by atoms with Gasteiger partial charge in [0.1, 0.15) is 5.75 Å². The van der Waals surface area contributed by atoms with Gasteiger partial charge in [0, 0.05) is 37.4 Å². The van der Waals surface area contributed by atoms with E-state index in [1.54, 1.807) is 0 Å². The van der Waals surface area contributed by atoms with Crippen molar-refractivity contribution < 1.29 is 9.84 Å². The summed E-state index contributed by atoms with van der Waals surface area (Å²) in [6.07, 6.45) is 3.61. The van der Waals surface area contributed by atoms with Crippen molar-refractivity contribution in [2.45, 2.75) is 44.2 Å². The first kappa shape index (κ1) is 19.3. The fraction of sp³-hybridized carbons (Fsp3) is 0.500. The van der Waals surface area contributed by atoms with Crippen molar-refractivity contribution in [3.63, 3.8) is 0 Å². The van der Waals surface area contributed by atoms with Crippen LogP contribution in [0.3, 0.4) is 0 Å². The van der Waals surface area contributed by atoms with Crippen LogP contribution in [0, 0.1) is 0 Å². The van der Waals surface area contributed by atoms with Gasteiger partial charge in [-0.2, -0.15) is 0 Å². The van der Waals surface area contributed by atoms with Gasteiger partial charge in [0.15, 0.2) is 0 Å². The Bertz CT molecular complexity index is 748. The lowest BCUT2D eigenvalue weighted by Gasteiger charge is -2.51. The molecule has 28 heavy (non-hydrogen) atoms. The maximum absolute atomic E-state index is 10.2. The summed E-state index contributed by atoms with van der Waals surface area (Å²) in [5, 5.41) is 10.2. The number of hydrogen-bond donors (Lipinski definition) is 1. The number of nitrogens with zero attached hydrogens (tertiary/aromatic N) is 2. The third-order valence-electron chi connectivity index (χ3n) is 6.47. The summed E-state index contributed by atoms with van der Waals surface area (Å²) in [5.74, 6) is 0.952. The van der Waals surface area contributed by atoms with Crippen molar-refractivity contribution in [2.75, 3.05) is 37.7 Å². The number of aliphatic hydroxyl groups is 1. The van der Waals surface area contributed by atoms with Gasteiger partial charge in [0.2, 0.25) is 0 Å². The number of anilines is 1. The molecule has 0 atom stereocenters. The summed E-state index contributed by atoms with van der Waals surface area (Å²) in [6, 6.07) is 19.4. The van der Waals surface area contributed by atoms with E-state index >= 15 is 0 Å². The number of hydrogen-bond acceptors (Lipinski definition) is 4. The van der Waals surface area contributed by atoms with Crippen molar-refractivity contribution in [3.05, 3.63) is 60.2 Å². The highest BCUT2D eigenvalue weighted by Gasteiger charge is 2.42. The van der Waals surface area contributed by atoms with Gasteiger partial charge < -0.3 is 14.7 Å². The predicted molar refractivity (Wildman–Crippen MR) is 114 cm³/mol. The minimum atomic E-state index is -0.159. The minimum Gasteiger partial charge on any atom is -0.494 e. The van der Waals surface area contributed by atoms with E-state index < -0.39 is 0 Å². The molecule has 150 valence electrons. The molecule has 1 aliphatic carbocycles. The summed E-state index contributed by atoms with van der Waals surface area (Å²) in [6.45, 7) is 6.89. The monoisotopic (exact) mass is 380 g/mol. The normalized spacial score (nSPS) is 26.2. The van der Waals surface area contributed by atoms with Crippen molar-refractivity contribution in [3.8, 4) is 5.75 Å². The zero-order valence-corrected chi connectivity index (χ0v) is 16.9. The third kappa shape index (κ3) is 3.89. The zero-order valence-electron chi connectivity index (χ0n) is 16.9. The van der Waals surface area contributed by atoms with Gasteiger partial charge >= 0.3 is 0 Å². The van der Waals surface area contributed by atoms with Crippen LogP contribution >= 0.6 is 0 Å². The molecule has 4 nitrogen and oxygen atoms in total. The van der Waals surface area contributed by atoms with Crippen molar-refractivity contribution >= 4 is 5.69 Å². The second-order valence-corrected chi connectivity index (χ2v) is 8.03. The van der Waals surface area contributed by atoms with Gasteiger partial charge in [-0.05, 0) is 62.4 Å². The van der Waals surface area contributed by atoms with Crippen LogP contribution in [0.1, 0.15) is 38.2 Å². The van der Waals surface area contributed by atoms with E-state index in [1.165, 1.54) is 11.3 Å². The summed E-state index contributed by atoms with van der Waals surface area (Å²) in [5.41, 5.74) is 2.67. The summed E-state index contributed by atoms with van der Waals surface area (Å²) >= 11 is 0. The molecule has 2 fully saturated rings. The Kier molecular flexibility index (Phi) is 5.88. The smallest absolute Gasteiger partial charge is 0.119 e. The topological polar surface area (TPSA) is 35.9 Å². The molecule has 1 aliphatic heterocycles. The molecule has 0 unspecified atom stereocenters. The fourth-order valence-electron chi connectivity index (χ4n) is 4.94. The first-order valence-electron chi connectivity index (χ1n) is 10.7. The van der Waals surface area contributed by atoms with E-state index in [0.717, 1.165) is 57.6 Å². The minimum absolute atomic E-state index is 0.00905. The van der Waals surface area contributed by atoms with Crippen LogP contribution in [0.15, 0.2) is 54.6 Å². The van der Waals surface area contributed by atoms with Crippen molar-refractivity contribution in [2.24, 2.45) is 0 Å². The number of ether oxygens (including phenoxy) is 1. The van der Waals surface area contributed by atoms with E-state index in [1.807, 2.05) is 13.0 Å². The molecular weight excluding hydrogens is 348 g/mol. The summed E-state index contributed by atoms with van der Waals surface area (Å²) in [7, 11) is 0. The van der Waals surface area contributed by atoms with E-state index in [4.69, 9.17) is 4.74 Å². The molecule has 0 bridgehead atoms. The zero-order chi connectivity index (χ0) is 19.4. The predicted octanol–water partition coefficient (Wildman–Crippen LogP) is 4.04. The molecule has 2 aliphatic rings. The highest BCUT2D eigenvalue weighted by Crippen LogP contribution is 2.44. The molecule has 0 amide bonds. The number of piperazine rings is 1. The highest BCUT2D eigenvalue weighted by molar-refractivity contribution is 5.46. The maximum atomic E-state index is 10.2. The molecular formula is C24H32N2O2. The molecule has 0 spiro atoms. The van der Waals surface area contributed by atoms with Crippen molar-refractivity contribution in [1.82, 2.24) is 4.90 Å². The van der Waals surface area contributed by atoms with Crippen LogP contribution in [-0.4, -0.2) is 48.9 Å². The van der Waals surface area contributed by atoms with Crippen LogP contribution in [-0.2, 0) is 5.54 Å². The van der Waals surface area contributed by atoms with Gasteiger partial charge in [0.25, 0.3) is 0 Å². The van der Waals surface area contributed by atoms with E-state index in [9.17, 15) is 5.11 Å². The van der Waals surface area contributed by atoms with Crippen molar-refractivity contribution in [1.29, 1.82) is 0 Å². The van der Waals surface area contributed by atoms with Gasteiger partial charge in [-0.15, -0.1) is 0 Å². The van der Waals surface area contributed by atoms with Gasteiger partial charge in [-0.3, -0.25) is 4.90 Å². The number of rotatable bonds is 5. The molecule has 2 aromatic carbocycles. The fourth-order valence-corrected chi connectivity index (χ4v) is 4.94. The Morgan fingerprint density at radius 1 is 0.964 bits per heavy atom. The molecule has 1 N–H and O–H groups in total. The number of aliphatic hydroxyl groups excluding tert-OH is 1. The Morgan fingerprint density at radius 3 is 2.36 bits per heavy atom. The molecule has 1 saturated heterocycles. The Labute approximate surface area is 168 Å². The molecule has 0 radical (unpaired) electrons. The lowest BCUT2D eigenvalue weighted by atomic mass is 9.74. The molecule has 1 heterocycles. The third-order valence-corrected chi connectivity index (χ3v) is 6.47. The SMILES string of the molecule is CCOc1cccc(C2(N3CCN(c4ccccc4)CC3)CCC(O)CC2)c1. The highest BCUT2D eigenvalue weighted by atomic mass is 16.5. The number of benzene rings is 2. The van der Waals surface area contributed by atoms with Crippen LogP contribution in [0.2, 0.25) is 0 Å². The second kappa shape index (κ2) is 8.54. The average Bonchev–Trinajstić information content (AvgIpc) is 2.76. The number of para-hydroxylation sites is 1. The first-order chi connectivity index (χ1) is 13.7. The molecule has 2 aromatic rings. The second-order valence-electron chi connectivity index (χ2n) is 8.03. The van der Waals surface area contributed by atoms with Crippen LogP contribution in [0.25, 0.3) is 0 Å². The van der Waals surface area contributed by atoms with Crippen LogP contribution in [0.5, 0.6) is 5.75 Å². The molecule has 0 aromatic heterocycles. The Hall–Kier alpha value is -2.04. The molecule has 1 saturated carbocycles. The van der Waals surface area contributed by atoms with E-state index in [0.29, 0.717) is 6.61 Å². The summed E-state index contributed by atoms with van der Waals surface area (Å²) in [4.78, 5) is 5.15. The maximum Gasteiger partial charge on any atom is 0.119 e. The molecule has 4 heteroatoms. The largest absolute Gasteiger partial charge is 0.494 e. The van der Waals surface area contributed by atoms with E-state index in [2.05, 4.69) is 58.3 Å². The van der Waals surface area contributed by atoms with Crippen LogP contribution < -0.4 is 9.64 Å². The first-order valence-corrected chi connectivity index (χ1v) is 10.7. The van der Waals surface area contributed by atoms with Gasteiger partial charge in [-0.25, -0.2) is 0 Å². The summed E-state index contributed by atoms with van der Waals surface area (Å²) < 4.78 is 5.79. The Morgan fingerprint density at radius 2 is 1.68 bits per heavy atom. The standard InChI is InChI=1S/C24H32N2O2/c1-2-28-23-10-6-7-20(19-23)24(13-11-22(27)12-14-24)26-17-15-25(16-18-26)21-8-4-3-5-9-21/h3-10,19,22,27H,2,11-18H2,1H3. The lowest BCUT2D eigenvalue weighted by Crippen LogP contribution is -2.57. The average molecular weight is 381 g/mol. The molecule has 4 rings (SSSR count). The van der Waals surface area contributed by atoms with Crippen LogP contribution in [0.4, 0.5) is 5.69 Å². The van der Waals surface area contributed by atoms with Gasteiger partial charge in [-0.1, -0.05) is 30.3 Å². The van der Waals surface area contributed by atoms with Gasteiger partial charge in [0.05, 0.1) is 12.7 Å². The lowest BCUT2D eigenvalue weighted by molar-refractivity contribution is -0.000587. The quantitative estimate of drug-likeness (QED) is 0.849. The van der Waals surface area contributed by atoms with E-state index in [-0.39, 0.29) is 11.6 Å².